The summed E-state index contributed by atoms with van der Waals surface area (Å²) in [6.07, 6.45) is 4.69. The summed E-state index contributed by atoms with van der Waals surface area (Å²) in [5, 5.41) is 22.4. The highest BCUT2D eigenvalue weighted by atomic mass is 32.2. The van der Waals surface area contributed by atoms with Gasteiger partial charge < -0.3 is 10.0 Å². The normalized spacial score (nSPS) is 21.3. The molecule has 0 radical (unpaired) electrons. The summed E-state index contributed by atoms with van der Waals surface area (Å²) < 4.78 is 1.89. The number of thioether (sulfide) groups is 1. The minimum Gasteiger partial charge on any atom is -0.393 e. The van der Waals surface area contributed by atoms with Crippen LogP contribution < -0.4 is 0 Å². The van der Waals surface area contributed by atoms with Crippen molar-refractivity contribution < 1.29 is 9.90 Å². The molecule has 0 spiro atoms. The molecule has 8 heteroatoms. The highest BCUT2D eigenvalue weighted by Gasteiger charge is 2.24. The van der Waals surface area contributed by atoms with E-state index in [1.54, 1.807) is 11.8 Å². The van der Waals surface area contributed by atoms with E-state index in [1.807, 2.05) is 23.4 Å². The van der Waals surface area contributed by atoms with Gasteiger partial charge in [-0.3, -0.25) is 4.79 Å². The largest absolute Gasteiger partial charge is 0.393 e. The SMILES string of the molecule is CCN(CC)C(=O)CCCSc1nnnn1C1CCC(O)CC1. The maximum Gasteiger partial charge on any atom is 0.222 e. The summed E-state index contributed by atoms with van der Waals surface area (Å²) >= 11 is 1.61. The molecule has 0 unspecified atom stereocenters. The number of aliphatic hydroxyl groups excluding tert-OH is 1. The fourth-order valence-corrected chi connectivity index (χ4v) is 3.82. The predicted molar refractivity (Wildman–Crippen MR) is 89.2 cm³/mol. The number of tetrazole rings is 1. The smallest absolute Gasteiger partial charge is 0.222 e. The molecule has 1 heterocycles. The van der Waals surface area contributed by atoms with Crippen LogP contribution in [0.2, 0.25) is 0 Å². The van der Waals surface area contributed by atoms with E-state index in [0.717, 1.165) is 56.1 Å². The molecule has 23 heavy (non-hydrogen) atoms. The number of rotatable bonds is 8. The Hall–Kier alpha value is -1.15. The van der Waals surface area contributed by atoms with Crippen molar-refractivity contribution in [3.8, 4) is 0 Å². The Bertz CT molecular complexity index is 484. The molecule has 0 saturated heterocycles. The van der Waals surface area contributed by atoms with Crippen LogP contribution in [0.5, 0.6) is 0 Å². The molecular formula is C15H27N5O2S. The van der Waals surface area contributed by atoms with E-state index in [1.165, 1.54) is 0 Å². The molecule has 1 amide bonds. The standard InChI is InChI=1S/C15H27N5O2S/c1-3-19(4-2)14(22)6-5-11-23-15-16-17-18-20(15)12-7-9-13(21)10-8-12/h12-13,21H,3-11H2,1-2H3. The minimum absolute atomic E-state index is 0.176. The van der Waals surface area contributed by atoms with E-state index in [9.17, 15) is 9.90 Å². The van der Waals surface area contributed by atoms with Crippen molar-refractivity contribution in [1.29, 1.82) is 0 Å². The first kappa shape index (κ1) is 18.2. The van der Waals surface area contributed by atoms with Crippen molar-refractivity contribution >= 4 is 17.7 Å². The van der Waals surface area contributed by atoms with Crippen molar-refractivity contribution in [1.82, 2.24) is 25.1 Å². The van der Waals surface area contributed by atoms with Crippen LogP contribution in [-0.4, -0.2) is 61.1 Å². The van der Waals surface area contributed by atoms with Gasteiger partial charge in [0, 0.05) is 25.3 Å². The molecule has 1 aromatic heterocycles. The Kier molecular flexibility index (Phi) is 7.29. The van der Waals surface area contributed by atoms with E-state index < -0.39 is 0 Å². The van der Waals surface area contributed by atoms with Crippen molar-refractivity contribution in [2.75, 3.05) is 18.8 Å². The van der Waals surface area contributed by atoms with Gasteiger partial charge in [0.1, 0.15) is 0 Å². The fraction of sp³-hybridized carbons (Fsp3) is 0.867. The Morgan fingerprint density at radius 1 is 1.30 bits per heavy atom. The lowest BCUT2D eigenvalue weighted by molar-refractivity contribution is -0.130. The summed E-state index contributed by atoms with van der Waals surface area (Å²) in [6, 6.07) is 0.285. The van der Waals surface area contributed by atoms with Gasteiger partial charge in [-0.2, -0.15) is 0 Å². The molecule has 0 aromatic carbocycles. The van der Waals surface area contributed by atoms with Gasteiger partial charge in [0.15, 0.2) is 0 Å². The third-order valence-corrected chi connectivity index (χ3v) is 5.38. The number of hydrogen-bond donors (Lipinski definition) is 1. The van der Waals surface area contributed by atoms with E-state index >= 15 is 0 Å². The lowest BCUT2D eigenvalue weighted by atomic mass is 9.93. The zero-order valence-corrected chi connectivity index (χ0v) is 14.8. The first-order valence-electron chi connectivity index (χ1n) is 8.52. The van der Waals surface area contributed by atoms with E-state index in [-0.39, 0.29) is 18.1 Å². The Balaban J connectivity index is 1.76. The lowest BCUT2D eigenvalue weighted by Crippen LogP contribution is -2.30. The number of carbonyl (C=O) groups is 1. The highest BCUT2D eigenvalue weighted by molar-refractivity contribution is 7.99. The second-order valence-electron chi connectivity index (χ2n) is 5.89. The van der Waals surface area contributed by atoms with Crippen LogP contribution >= 0.6 is 11.8 Å². The Morgan fingerprint density at radius 3 is 2.65 bits per heavy atom. The molecule has 1 aliphatic carbocycles. The average Bonchev–Trinajstić information content (AvgIpc) is 3.02. The monoisotopic (exact) mass is 341 g/mol. The molecule has 1 aromatic rings. The third-order valence-electron chi connectivity index (χ3n) is 4.36. The third kappa shape index (κ3) is 5.17. The van der Waals surface area contributed by atoms with Crippen LogP contribution in [0.25, 0.3) is 0 Å². The van der Waals surface area contributed by atoms with E-state index in [4.69, 9.17) is 0 Å². The summed E-state index contributed by atoms with van der Waals surface area (Å²) in [6.45, 7) is 5.55. The van der Waals surface area contributed by atoms with Gasteiger partial charge in [0.25, 0.3) is 0 Å². The first-order valence-corrected chi connectivity index (χ1v) is 9.50. The number of aliphatic hydroxyl groups is 1. The quantitative estimate of drug-likeness (QED) is 0.574. The van der Waals surface area contributed by atoms with Gasteiger partial charge in [0.2, 0.25) is 11.1 Å². The van der Waals surface area contributed by atoms with Crippen molar-refractivity contribution in [3.05, 3.63) is 0 Å². The summed E-state index contributed by atoms with van der Waals surface area (Å²) in [5.74, 6) is 1.05. The molecule has 0 bridgehead atoms. The molecule has 2 rings (SSSR count). The molecule has 1 saturated carbocycles. The fourth-order valence-electron chi connectivity index (χ4n) is 2.93. The zero-order chi connectivity index (χ0) is 16.7. The summed E-state index contributed by atoms with van der Waals surface area (Å²) in [5.41, 5.74) is 0. The number of amides is 1. The van der Waals surface area contributed by atoms with Gasteiger partial charge in [-0.15, -0.1) is 5.10 Å². The second-order valence-corrected chi connectivity index (χ2v) is 6.95. The Labute approximate surface area is 141 Å². The van der Waals surface area contributed by atoms with Crippen LogP contribution in [0, 0.1) is 0 Å². The van der Waals surface area contributed by atoms with Crippen molar-refractivity contribution in [3.63, 3.8) is 0 Å². The summed E-state index contributed by atoms with van der Waals surface area (Å²) in [4.78, 5) is 13.8. The minimum atomic E-state index is -0.176. The molecule has 0 aliphatic heterocycles. The molecule has 1 aliphatic rings. The van der Waals surface area contributed by atoms with Gasteiger partial charge in [-0.1, -0.05) is 11.8 Å². The van der Waals surface area contributed by atoms with Crippen molar-refractivity contribution in [2.45, 2.75) is 69.7 Å². The lowest BCUT2D eigenvalue weighted by Gasteiger charge is -2.25. The molecule has 130 valence electrons. The molecular weight excluding hydrogens is 314 g/mol. The molecule has 1 fully saturated rings. The van der Waals surface area contributed by atoms with Crippen LogP contribution in [0.3, 0.4) is 0 Å². The average molecular weight is 341 g/mol. The molecule has 0 atom stereocenters. The van der Waals surface area contributed by atoms with Crippen molar-refractivity contribution in [2.24, 2.45) is 0 Å². The Morgan fingerprint density at radius 2 is 2.00 bits per heavy atom. The first-order chi connectivity index (χ1) is 11.2. The summed E-state index contributed by atoms with van der Waals surface area (Å²) in [7, 11) is 0. The number of aromatic nitrogens is 4. The predicted octanol–water partition coefficient (Wildman–Crippen LogP) is 1.89. The van der Waals surface area contributed by atoms with E-state index in [0.29, 0.717) is 6.42 Å². The highest BCUT2D eigenvalue weighted by Crippen LogP contribution is 2.30. The maximum atomic E-state index is 12.0. The van der Waals surface area contributed by atoms with Crippen LogP contribution in [0.4, 0.5) is 0 Å². The topological polar surface area (TPSA) is 84.1 Å². The molecule has 1 N–H and O–H groups in total. The second kappa shape index (κ2) is 9.22. The van der Waals surface area contributed by atoms with Crippen LogP contribution in [0.1, 0.15) is 58.4 Å². The van der Waals surface area contributed by atoms with E-state index in [2.05, 4.69) is 15.5 Å². The van der Waals surface area contributed by atoms with Gasteiger partial charge in [-0.25, -0.2) is 4.68 Å². The van der Waals surface area contributed by atoms with Gasteiger partial charge >= 0.3 is 0 Å². The van der Waals surface area contributed by atoms with Gasteiger partial charge in [0.05, 0.1) is 12.1 Å². The number of carbonyl (C=O) groups excluding carboxylic acids is 1. The number of hydrogen-bond acceptors (Lipinski definition) is 6. The number of nitrogens with zero attached hydrogens (tertiary/aromatic N) is 5. The molecule has 7 nitrogen and oxygen atoms in total. The zero-order valence-electron chi connectivity index (χ0n) is 14.0. The maximum absolute atomic E-state index is 12.0. The van der Waals surface area contributed by atoms with Crippen LogP contribution in [-0.2, 0) is 4.79 Å². The van der Waals surface area contributed by atoms with Gasteiger partial charge in [-0.05, 0) is 56.4 Å². The van der Waals surface area contributed by atoms with Crippen LogP contribution in [0.15, 0.2) is 5.16 Å².